The molecule has 1 nitrogen and oxygen atoms in total. The number of nitrogens with zero attached hydrogens (tertiary/aromatic N) is 1. The number of benzene rings is 1. The molecule has 0 saturated carbocycles. The first-order valence-electron chi connectivity index (χ1n) is 6.04. The summed E-state index contributed by atoms with van der Waals surface area (Å²) in [7, 11) is 0. The second-order valence-electron chi connectivity index (χ2n) is 4.53. The fourth-order valence-electron chi connectivity index (χ4n) is 2.31. The van der Waals surface area contributed by atoms with Gasteiger partial charge in [0.05, 0.1) is 5.69 Å². The quantitative estimate of drug-likeness (QED) is 0.696. The van der Waals surface area contributed by atoms with Crippen LogP contribution in [0.1, 0.15) is 23.5 Å². The van der Waals surface area contributed by atoms with Gasteiger partial charge in [0.25, 0.3) is 0 Å². The standard InChI is InChI=1S/C16H15N/c1-12-6-5-11-17-16(12)15-10-3-2-9-14(15)13-7-4-8-13/h2-7,9-11,13H,8H2,1H3. The fraction of sp³-hybridized carbons (Fsp3) is 0.188. The Labute approximate surface area is 102 Å². The van der Waals surface area contributed by atoms with Gasteiger partial charge in [-0.25, -0.2) is 0 Å². The summed E-state index contributed by atoms with van der Waals surface area (Å²) in [4.78, 5) is 4.53. The van der Waals surface area contributed by atoms with Crippen LogP contribution in [0.15, 0.2) is 54.7 Å². The average molecular weight is 221 g/mol. The Morgan fingerprint density at radius 1 is 1.12 bits per heavy atom. The van der Waals surface area contributed by atoms with Gasteiger partial charge in [0.15, 0.2) is 0 Å². The van der Waals surface area contributed by atoms with Gasteiger partial charge in [-0.3, -0.25) is 4.98 Å². The maximum atomic E-state index is 4.53. The van der Waals surface area contributed by atoms with Gasteiger partial charge < -0.3 is 0 Å². The first-order valence-corrected chi connectivity index (χ1v) is 6.04. The number of allylic oxidation sites excluding steroid dienone is 2. The number of hydrogen-bond donors (Lipinski definition) is 0. The zero-order valence-corrected chi connectivity index (χ0v) is 9.93. The van der Waals surface area contributed by atoms with E-state index in [2.05, 4.69) is 54.4 Å². The van der Waals surface area contributed by atoms with Crippen LogP contribution in [0.3, 0.4) is 0 Å². The molecular formula is C16H15N. The number of hydrogen-bond acceptors (Lipinski definition) is 1. The number of pyridine rings is 1. The molecule has 1 aromatic heterocycles. The Balaban J connectivity index is 2.14. The van der Waals surface area contributed by atoms with Crippen molar-refractivity contribution in [3.63, 3.8) is 0 Å². The largest absolute Gasteiger partial charge is 0.256 e. The van der Waals surface area contributed by atoms with E-state index in [1.54, 1.807) is 0 Å². The van der Waals surface area contributed by atoms with Crippen molar-refractivity contribution >= 4 is 0 Å². The van der Waals surface area contributed by atoms with Gasteiger partial charge in [0.1, 0.15) is 0 Å². The maximum Gasteiger partial charge on any atom is 0.0734 e. The summed E-state index contributed by atoms with van der Waals surface area (Å²) in [5, 5.41) is 0. The maximum absolute atomic E-state index is 4.53. The lowest BCUT2D eigenvalue weighted by molar-refractivity contribution is 0.795. The van der Waals surface area contributed by atoms with Crippen LogP contribution in [0, 0.1) is 6.92 Å². The summed E-state index contributed by atoms with van der Waals surface area (Å²) in [6.45, 7) is 2.12. The molecule has 1 aliphatic carbocycles. The summed E-state index contributed by atoms with van der Waals surface area (Å²) >= 11 is 0. The highest BCUT2D eigenvalue weighted by Crippen LogP contribution is 2.36. The Morgan fingerprint density at radius 2 is 1.94 bits per heavy atom. The Morgan fingerprint density at radius 3 is 2.65 bits per heavy atom. The number of aromatic nitrogens is 1. The second kappa shape index (κ2) is 4.17. The van der Waals surface area contributed by atoms with Crippen molar-refractivity contribution in [3.8, 4) is 11.3 Å². The summed E-state index contributed by atoms with van der Waals surface area (Å²) in [6.07, 6.45) is 7.53. The molecule has 0 aliphatic heterocycles. The highest BCUT2D eigenvalue weighted by atomic mass is 14.7. The van der Waals surface area contributed by atoms with Gasteiger partial charge in [0, 0.05) is 17.7 Å². The van der Waals surface area contributed by atoms with Gasteiger partial charge in [-0.15, -0.1) is 0 Å². The first-order chi connectivity index (χ1) is 8.36. The zero-order chi connectivity index (χ0) is 11.7. The zero-order valence-electron chi connectivity index (χ0n) is 9.93. The van der Waals surface area contributed by atoms with Gasteiger partial charge in [-0.05, 0) is 30.5 Å². The lowest BCUT2D eigenvalue weighted by atomic mass is 9.84. The highest BCUT2D eigenvalue weighted by molar-refractivity contribution is 5.68. The molecule has 0 amide bonds. The molecule has 17 heavy (non-hydrogen) atoms. The van der Waals surface area contributed by atoms with Crippen molar-refractivity contribution in [2.75, 3.05) is 0 Å². The van der Waals surface area contributed by atoms with Gasteiger partial charge in [-0.2, -0.15) is 0 Å². The van der Waals surface area contributed by atoms with E-state index >= 15 is 0 Å². The lowest BCUT2D eigenvalue weighted by Crippen LogP contribution is -2.04. The van der Waals surface area contributed by atoms with E-state index in [9.17, 15) is 0 Å². The first kappa shape index (κ1) is 10.3. The predicted molar refractivity (Wildman–Crippen MR) is 70.9 cm³/mol. The van der Waals surface area contributed by atoms with E-state index in [4.69, 9.17) is 0 Å². The summed E-state index contributed by atoms with van der Waals surface area (Å²) in [5.74, 6) is 0.576. The van der Waals surface area contributed by atoms with Crippen LogP contribution in [-0.2, 0) is 0 Å². The predicted octanol–water partition coefficient (Wildman–Crippen LogP) is 4.10. The Kier molecular flexibility index (Phi) is 2.52. The fourth-order valence-corrected chi connectivity index (χ4v) is 2.31. The van der Waals surface area contributed by atoms with E-state index in [-0.39, 0.29) is 0 Å². The van der Waals surface area contributed by atoms with Crippen molar-refractivity contribution in [3.05, 3.63) is 65.9 Å². The minimum atomic E-state index is 0.576. The molecule has 1 aromatic carbocycles. The molecule has 1 heterocycles. The highest BCUT2D eigenvalue weighted by Gasteiger charge is 2.17. The molecule has 2 aromatic rings. The van der Waals surface area contributed by atoms with Crippen molar-refractivity contribution in [2.45, 2.75) is 19.3 Å². The molecule has 0 N–H and O–H groups in total. The molecule has 0 radical (unpaired) electrons. The molecule has 3 rings (SSSR count). The minimum Gasteiger partial charge on any atom is -0.256 e. The van der Waals surface area contributed by atoms with Gasteiger partial charge >= 0.3 is 0 Å². The molecule has 0 bridgehead atoms. The average Bonchev–Trinajstić information content (AvgIpc) is 2.29. The van der Waals surface area contributed by atoms with Crippen LogP contribution >= 0.6 is 0 Å². The SMILES string of the molecule is Cc1cccnc1-c1ccccc1C1C=CC1. The monoisotopic (exact) mass is 221 g/mol. The summed E-state index contributed by atoms with van der Waals surface area (Å²) in [5.41, 5.74) is 5.03. The lowest BCUT2D eigenvalue weighted by Gasteiger charge is -2.21. The Bertz CT molecular complexity index is 569. The molecule has 0 saturated heterocycles. The Hall–Kier alpha value is -1.89. The third kappa shape index (κ3) is 1.78. The van der Waals surface area contributed by atoms with Crippen LogP contribution in [0.25, 0.3) is 11.3 Å². The van der Waals surface area contributed by atoms with Gasteiger partial charge in [0.2, 0.25) is 0 Å². The number of rotatable bonds is 2. The third-order valence-electron chi connectivity index (χ3n) is 3.38. The molecule has 0 fully saturated rings. The molecular weight excluding hydrogens is 206 g/mol. The smallest absolute Gasteiger partial charge is 0.0734 e. The van der Waals surface area contributed by atoms with Gasteiger partial charge in [-0.1, -0.05) is 42.5 Å². The normalized spacial score (nSPS) is 17.8. The van der Waals surface area contributed by atoms with Crippen LogP contribution in [-0.4, -0.2) is 4.98 Å². The topological polar surface area (TPSA) is 12.9 Å². The van der Waals surface area contributed by atoms with E-state index in [1.165, 1.54) is 16.7 Å². The minimum absolute atomic E-state index is 0.576. The van der Waals surface area contributed by atoms with Crippen LogP contribution < -0.4 is 0 Å². The van der Waals surface area contributed by atoms with Crippen molar-refractivity contribution in [1.82, 2.24) is 4.98 Å². The number of aryl methyl sites for hydroxylation is 1. The van der Waals surface area contributed by atoms with E-state index < -0.39 is 0 Å². The molecule has 1 unspecified atom stereocenters. The molecule has 84 valence electrons. The van der Waals surface area contributed by atoms with E-state index in [1.807, 2.05) is 12.3 Å². The van der Waals surface area contributed by atoms with Crippen molar-refractivity contribution in [1.29, 1.82) is 0 Å². The second-order valence-corrected chi connectivity index (χ2v) is 4.53. The van der Waals surface area contributed by atoms with Crippen molar-refractivity contribution in [2.24, 2.45) is 0 Å². The summed E-state index contributed by atoms with van der Waals surface area (Å²) < 4.78 is 0. The van der Waals surface area contributed by atoms with Crippen molar-refractivity contribution < 1.29 is 0 Å². The molecule has 0 spiro atoms. The van der Waals surface area contributed by atoms with E-state index in [0.29, 0.717) is 5.92 Å². The van der Waals surface area contributed by atoms with E-state index in [0.717, 1.165) is 12.1 Å². The molecule has 1 heteroatoms. The summed E-state index contributed by atoms with van der Waals surface area (Å²) in [6, 6.07) is 12.7. The third-order valence-corrected chi connectivity index (χ3v) is 3.38. The van der Waals surface area contributed by atoms with Crippen LogP contribution in [0.5, 0.6) is 0 Å². The molecule has 1 atom stereocenters. The molecule has 1 aliphatic rings. The van der Waals surface area contributed by atoms with Crippen LogP contribution in [0.2, 0.25) is 0 Å². The van der Waals surface area contributed by atoms with Crippen LogP contribution in [0.4, 0.5) is 0 Å².